The van der Waals surface area contributed by atoms with E-state index in [9.17, 15) is 5.11 Å². The maximum atomic E-state index is 9.31. The van der Waals surface area contributed by atoms with Crippen LogP contribution in [0.5, 0.6) is 0 Å². The molecule has 1 aliphatic rings. The number of fused-ring (bicyclic) bond motifs is 1. The maximum absolute atomic E-state index is 9.31. The van der Waals surface area contributed by atoms with E-state index in [1.807, 2.05) is 47.5 Å². The first-order valence-electron chi connectivity index (χ1n) is 12.4. The normalized spacial score (nSPS) is 16.6. The first-order valence-corrected chi connectivity index (χ1v) is 12.4. The highest BCUT2D eigenvalue weighted by molar-refractivity contribution is 5.81. The lowest BCUT2D eigenvalue weighted by atomic mass is 10.1. The number of morpholine rings is 1. The van der Waals surface area contributed by atoms with E-state index < -0.39 is 0 Å². The summed E-state index contributed by atoms with van der Waals surface area (Å²) in [6, 6.07) is 7.88. The number of anilines is 2. The van der Waals surface area contributed by atoms with Gasteiger partial charge in [-0.3, -0.25) is 14.6 Å². The molecule has 1 fully saturated rings. The van der Waals surface area contributed by atoms with Crippen LogP contribution >= 0.6 is 0 Å². The van der Waals surface area contributed by atoms with Gasteiger partial charge in [-0.05, 0) is 42.2 Å². The van der Waals surface area contributed by atoms with Gasteiger partial charge in [0.25, 0.3) is 0 Å². The van der Waals surface area contributed by atoms with Crippen LogP contribution < -0.4 is 5.32 Å². The van der Waals surface area contributed by atoms with Crippen LogP contribution in [0, 0.1) is 0 Å². The predicted octanol–water partition coefficient (Wildman–Crippen LogP) is 3.23. The van der Waals surface area contributed by atoms with Crippen LogP contribution in [0.1, 0.15) is 31.7 Å². The fourth-order valence-corrected chi connectivity index (χ4v) is 4.31. The number of hydrogen-bond donors (Lipinski definition) is 2. The highest BCUT2D eigenvalue weighted by Crippen LogP contribution is 2.24. The van der Waals surface area contributed by atoms with Gasteiger partial charge >= 0.3 is 0 Å². The summed E-state index contributed by atoms with van der Waals surface area (Å²) in [7, 11) is 0. The molecule has 0 saturated carbocycles. The Bertz CT molecular complexity index is 1310. The van der Waals surface area contributed by atoms with Gasteiger partial charge in [0.1, 0.15) is 5.82 Å². The highest BCUT2D eigenvalue weighted by Gasteiger charge is 2.19. The Labute approximate surface area is 210 Å². The zero-order valence-corrected chi connectivity index (χ0v) is 20.7. The second-order valence-corrected chi connectivity index (χ2v) is 9.43. The summed E-state index contributed by atoms with van der Waals surface area (Å²) in [5.41, 5.74) is 4.72. The highest BCUT2D eigenvalue weighted by atomic mass is 16.5. The third-order valence-corrected chi connectivity index (χ3v) is 6.39. The van der Waals surface area contributed by atoms with Gasteiger partial charge in [0.15, 0.2) is 5.82 Å². The summed E-state index contributed by atoms with van der Waals surface area (Å²) < 4.78 is 7.49. The fourth-order valence-electron chi connectivity index (χ4n) is 4.31. The minimum Gasteiger partial charge on any atom is -0.394 e. The van der Waals surface area contributed by atoms with Crippen LogP contribution in [0.25, 0.3) is 22.2 Å². The molecule has 5 rings (SSSR count). The number of aliphatic hydroxyl groups excluding tert-OH is 1. The van der Waals surface area contributed by atoms with Crippen LogP contribution in [-0.4, -0.2) is 78.9 Å². The monoisotopic (exact) mass is 488 g/mol. The minimum absolute atomic E-state index is 0.0714. The van der Waals surface area contributed by atoms with Gasteiger partial charge < -0.3 is 15.2 Å². The van der Waals surface area contributed by atoms with E-state index in [2.05, 4.69) is 44.3 Å². The Hall–Kier alpha value is -3.47. The Morgan fingerprint density at radius 1 is 1.08 bits per heavy atom. The zero-order chi connectivity index (χ0) is 24.9. The Morgan fingerprint density at radius 2 is 2.00 bits per heavy atom. The Morgan fingerprint density at radius 3 is 2.86 bits per heavy atom. The first kappa shape index (κ1) is 24.2. The lowest BCUT2D eigenvalue weighted by Crippen LogP contribution is -2.44. The molecule has 0 bridgehead atoms. The van der Waals surface area contributed by atoms with E-state index in [0.29, 0.717) is 24.2 Å². The quantitative estimate of drug-likeness (QED) is 0.366. The molecule has 0 spiro atoms. The molecule has 36 heavy (non-hydrogen) atoms. The standard InChI is InChI=1S/C26H32N8O2/c1-18(2)19-11-26(32-28-13-19)31-25-5-4-23-24(30-25)10-20(12-27-23)21-14-29-34(15-21)7-3-6-33-8-9-36-22(16-33)17-35/h4-5,10-15,18,22,35H,3,6-9,16-17H2,1-2H3,(H,30,31,32). The summed E-state index contributed by atoms with van der Waals surface area (Å²) in [5.74, 6) is 1.73. The molecule has 188 valence electrons. The lowest BCUT2D eigenvalue weighted by molar-refractivity contribution is -0.0530. The molecule has 2 N–H and O–H groups in total. The van der Waals surface area contributed by atoms with E-state index in [1.54, 1.807) is 6.20 Å². The van der Waals surface area contributed by atoms with Gasteiger partial charge in [-0.25, -0.2) is 4.98 Å². The molecule has 5 heterocycles. The number of aliphatic hydroxyl groups is 1. The van der Waals surface area contributed by atoms with Crippen LogP contribution in [0.2, 0.25) is 0 Å². The summed E-state index contributed by atoms with van der Waals surface area (Å²) in [6.07, 6.45) is 8.47. The molecule has 4 aromatic rings. The van der Waals surface area contributed by atoms with Crippen molar-refractivity contribution in [1.29, 1.82) is 0 Å². The van der Waals surface area contributed by atoms with Gasteiger partial charge in [-0.1, -0.05) is 13.8 Å². The van der Waals surface area contributed by atoms with Crippen molar-refractivity contribution in [2.75, 3.05) is 38.2 Å². The summed E-state index contributed by atoms with van der Waals surface area (Å²) >= 11 is 0. The number of pyridine rings is 2. The second kappa shape index (κ2) is 11.1. The van der Waals surface area contributed by atoms with Crippen molar-refractivity contribution >= 4 is 22.7 Å². The van der Waals surface area contributed by atoms with Crippen molar-refractivity contribution in [2.24, 2.45) is 0 Å². The maximum Gasteiger partial charge on any atom is 0.154 e. The third-order valence-electron chi connectivity index (χ3n) is 6.39. The molecule has 1 saturated heterocycles. The van der Waals surface area contributed by atoms with Crippen molar-refractivity contribution < 1.29 is 9.84 Å². The van der Waals surface area contributed by atoms with E-state index in [1.165, 1.54) is 0 Å². The molecule has 10 heteroatoms. The Balaban J connectivity index is 1.24. The molecule has 0 radical (unpaired) electrons. The molecule has 1 atom stereocenters. The average Bonchev–Trinajstić information content (AvgIpc) is 3.37. The molecule has 0 aliphatic carbocycles. The minimum atomic E-state index is -0.0714. The molecular weight excluding hydrogens is 456 g/mol. The number of aromatic nitrogens is 6. The molecule has 10 nitrogen and oxygen atoms in total. The zero-order valence-electron chi connectivity index (χ0n) is 20.7. The van der Waals surface area contributed by atoms with E-state index in [-0.39, 0.29) is 12.7 Å². The van der Waals surface area contributed by atoms with Crippen molar-refractivity contribution in [3.63, 3.8) is 0 Å². The van der Waals surface area contributed by atoms with Crippen LogP contribution in [0.4, 0.5) is 11.6 Å². The topological polar surface area (TPSA) is 114 Å². The molecular formula is C26H32N8O2. The van der Waals surface area contributed by atoms with Crippen molar-refractivity contribution in [3.8, 4) is 11.1 Å². The van der Waals surface area contributed by atoms with E-state index in [0.717, 1.165) is 60.3 Å². The van der Waals surface area contributed by atoms with Gasteiger partial charge in [-0.2, -0.15) is 10.2 Å². The number of aryl methyl sites for hydroxylation is 1. The van der Waals surface area contributed by atoms with Gasteiger partial charge in [0.05, 0.1) is 42.7 Å². The number of nitrogens with one attached hydrogen (secondary N) is 1. The number of rotatable bonds is 9. The molecule has 0 amide bonds. The van der Waals surface area contributed by atoms with Crippen molar-refractivity contribution in [2.45, 2.75) is 38.8 Å². The predicted molar refractivity (Wildman–Crippen MR) is 138 cm³/mol. The summed E-state index contributed by atoms with van der Waals surface area (Å²) in [6.45, 7) is 8.47. The SMILES string of the molecule is CC(C)c1cnnc(Nc2ccc3ncc(-c4cnn(CCCN5CCOC(CO)C5)c4)cc3n2)c1. The van der Waals surface area contributed by atoms with E-state index >= 15 is 0 Å². The van der Waals surface area contributed by atoms with Crippen LogP contribution in [0.15, 0.2) is 49.1 Å². The van der Waals surface area contributed by atoms with Crippen molar-refractivity contribution in [1.82, 2.24) is 34.8 Å². The summed E-state index contributed by atoms with van der Waals surface area (Å²) in [5, 5.41) is 25.4. The van der Waals surface area contributed by atoms with Gasteiger partial charge in [0, 0.05) is 49.7 Å². The number of ether oxygens (including phenoxy) is 1. The smallest absolute Gasteiger partial charge is 0.154 e. The lowest BCUT2D eigenvalue weighted by Gasteiger charge is -2.31. The second-order valence-electron chi connectivity index (χ2n) is 9.43. The fraction of sp³-hybridized carbons (Fsp3) is 0.423. The number of nitrogens with zero attached hydrogens (tertiary/aromatic N) is 7. The molecule has 1 unspecified atom stereocenters. The first-order chi connectivity index (χ1) is 17.6. The summed E-state index contributed by atoms with van der Waals surface area (Å²) in [4.78, 5) is 11.7. The largest absolute Gasteiger partial charge is 0.394 e. The van der Waals surface area contributed by atoms with Crippen LogP contribution in [0.3, 0.4) is 0 Å². The van der Waals surface area contributed by atoms with Crippen molar-refractivity contribution in [3.05, 3.63) is 54.6 Å². The van der Waals surface area contributed by atoms with E-state index in [4.69, 9.17) is 9.72 Å². The van der Waals surface area contributed by atoms with Gasteiger partial charge in [0.2, 0.25) is 0 Å². The molecule has 1 aliphatic heterocycles. The molecule has 0 aromatic carbocycles. The molecule has 4 aromatic heterocycles. The number of hydrogen-bond acceptors (Lipinski definition) is 9. The average molecular weight is 489 g/mol. The Kier molecular flexibility index (Phi) is 7.45. The van der Waals surface area contributed by atoms with Crippen LogP contribution in [-0.2, 0) is 11.3 Å². The third kappa shape index (κ3) is 5.84. The van der Waals surface area contributed by atoms with Gasteiger partial charge in [-0.15, -0.1) is 5.10 Å².